The van der Waals surface area contributed by atoms with Gasteiger partial charge in [0.1, 0.15) is 36.3 Å². The highest BCUT2D eigenvalue weighted by atomic mass is 16.4. The van der Waals surface area contributed by atoms with Crippen molar-refractivity contribution in [1.82, 2.24) is 92.0 Å². The molecule has 30 nitrogen and oxygen atoms in total. The van der Waals surface area contributed by atoms with Crippen LogP contribution in [-0.4, -0.2) is 162 Å². The van der Waals surface area contributed by atoms with Gasteiger partial charge in [0.05, 0.1) is 72.7 Å². The minimum absolute atomic E-state index is 0.0394. The average Bonchev–Trinajstić information content (AvgIpc) is 4.28. The van der Waals surface area contributed by atoms with Gasteiger partial charge in [0.2, 0.25) is 47.3 Å². The Balaban J connectivity index is 1.06. The number of imidazole rings is 5. The van der Waals surface area contributed by atoms with Crippen LogP contribution in [0.5, 0.6) is 0 Å². The number of benzene rings is 1. The van der Waals surface area contributed by atoms with Gasteiger partial charge in [-0.2, -0.15) is 0 Å². The van der Waals surface area contributed by atoms with E-state index >= 15 is 0 Å². The van der Waals surface area contributed by atoms with Crippen LogP contribution in [0.3, 0.4) is 0 Å². The molecule has 0 aliphatic carbocycles. The van der Waals surface area contributed by atoms with Gasteiger partial charge in [0, 0.05) is 93.0 Å². The smallest absolute Gasteiger partial charge is 0.326 e. The number of nitrogens with one attached hydrogen (secondary N) is 13. The van der Waals surface area contributed by atoms with E-state index in [1.54, 1.807) is 24.5 Å². The molecule has 30 heteroatoms. The van der Waals surface area contributed by atoms with Crippen molar-refractivity contribution in [2.75, 3.05) is 6.54 Å². The summed E-state index contributed by atoms with van der Waals surface area (Å²) in [6.45, 7) is -0.733. The summed E-state index contributed by atoms with van der Waals surface area (Å²) in [6.07, 6.45) is 14.3. The van der Waals surface area contributed by atoms with Crippen LogP contribution < -0.4 is 48.7 Å². The van der Waals surface area contributed by atoms with Crippen LogP contribution in [0.15, 0.2) is 93.1 Å². The molecule has 0 fully saturated rings. The number of nitrogens with two attached hydrogens (primary N) is 2. The van der Waals surface area contributed by atoms with Crippen molar-refractivity contribution in [1.29, 1.82) is 0 Å². The molecule has 0 unspecified atom stereocenters. The first-order valence-corrected chi connectivity index (χ1v) is 24.4. The quantitative estimate of drug-likeness (QED) is 0.0206. The monoisotopic (exact) mass is 1070 g/mol. The molecule has 7 rings (SSSR count). The van der Waals surface area contributed by atoms with Crippen LogP contribution in [0, 0.1) is 0 Å². The van der Waals surface area contributed by atoms with Crippen LogP contribution in [-0.2, 0) is 81.7 Å². The molecule has 6 aromatic heterocycles. The molecule has 0 radical (unpaired) electrons. The Hall–Kier alpha value is -10.0. The van der Waals surface area contributed by atoms with E-state index in [9.17, 15) is 48.3 Å². The fourth-order valence-corrected chi connectivity index (χ4v) is 8.18. The second-order valence-corrected chi connectivity index (χ2v) is 18.0. The molecular weight excluding hydrogens is 1020 g/mol. The number of H-pyrrole nitrogens is 6. The summed E-state index contributed by atoms with van der Waals surface area (Å²) < 4.78 is 0. The highest BCUT2D eigenvalue weighted by Gasteiger charge is 2.35. The normalized spacial score (nSPS) is 13.9. The van der Waals surface area contributed by atoms with Gasteiger partial charge < -0.3 is 83.7 Å². The molecule has 0 saturated heterocycles. The molecule has 0 aliphatic heterocycles. The first-order valence-electron chi connectivity index (χ1n) is 24.4. The van der Waals surface area contributed by atoms with Crippen LogP contribution in [0.4, 0.5) is 0 Å². The van der Waals surface area contributed by atoms with E-state index in [-0.39, 0.29) is 50.6 Å². The number of carbonyl (C=O) groups excluding carboxylic acids is 8. The van der Waals surface area contributed by atoms with Crippen molar-refractivity contribution in [3.63, 3.8) is 0 Å². The number of aliphatic carboxylic acids is 1. The summed E-state index contributed by atoms with van der Waals surface area (Å²) in [5, 5.41) is 28.6. The summed E-state index contributed by atoms with van der Waals surface area (Å²) in [7, 11) is 0. The summed E-state index contributed by atoms with van der Waals surface area (Å²) in [6, 6.07) is -2.64. The van der Waals surface area contributed by atoms with Crippen molar-refractivity contribution < 1.29 is 48.3 Å². The maximum Gasteiger partial charge on any atom is 0.326 e. The second kappa shape index (κ2) is 27.0. The summed E-state index contributed by atoms with van der Waals surface area (Å²) in [5.41, 5.74) is 14.8. The Morgan fingerprint density at radius 2 is 0.897 bits per heavy atom. The Bertz CT molecular complexity index is 3100. The van der Waals surface area contributed by atoms with E-state index in [0.717, 1.165) is 10.9 Å². The molecular formula is C48H58N20O10. The molecule has 0 saturated carbocycles. The molecule has 8 amide bonds. The Kier molecular flexibility index (Phi) is 19.3. The van der Waals surface area contributed by atoms with Gasteiger partial charge in [0.25, 0.3) is 0 Å². The molecule has 6 heterocycles. The summed E-state index contributed by atoms with van der Waals surface area (Å²) in [4.78, 5) is 160. The minimum Gasteiger partial charge on any atom is -0.480 e. The lowest BCUT2D eigenvalue weighted by atomic mass is 10.0. The number of aromatic nitrogens is 11. The molecule has 18 N–H and O–H groups in total. The third-order valence-electron chi connectivity index (χ3n) is 12.2. The third kappa shape index (κ3) is 16.2. The van der Waals surface area contributed by atoms with Crippen molar-refractivity contribution in [2.24, 2.45) is 11.5 Å². The van der Waals surface area contributed by atoms with Gasteiger partial charge in [-0.15, -0.1) is 0 Å². The minimum atomic E-state index is -1.53. The zero-order valence-corrected chi connectivity index (χ0v) is 41.6. The maximum atomic E-state index is 14.5. The molecule has 410 valence electrons. The van der Waals surface area contributed by atoms with Crippen molar-refractivity contribution in [3.8, 4) is 0 Å². The zero-order chi connectivity index (χ0) is 55.6. The fourth-order valence-electron chi connectivity index (χ4n) is 8.18. The van der Waals surface area contributed by atoms with Crippen LogP contribution in [0.25, 0.3) is 10.9 Å². The van der Waals surface area contributed by atoms with Gasteiger partial charge >= 0.3 is 5.97 Å². The largest absolute Gasteiger partial charge is 0.480 e. The predicted octanol–water partition coefficient (Wildman–Crippen LogP) is -3.76. The van der Waals surface area contributed by atoms with E-state index in [1.165, 1.54) is 56.4 Å². The highest BCUT2D eigenvalue weighted by molar-refractivity contribution is 5.98. The second-order valence-electron chi connectivity index (χ2n) is 18.0. The number of carbonyl (C=O) groups is 9. The van der Waals surface area contributed by atoms with E-state index in [4.69, 9.17) is 11.5 Å². The number of para-hydroxylation sites is 1. The molecule has 78 heavy (non-hydrogen) atoms. The highest BCUT2D eigenvalue weighted by Crippen LogP contribution is 2.19. The fraction of sp³-hybridized carbons (Fsp3) is 0.333. The molecule has 7 atom stereocenters. The standard InChI is InChI=1S/C48H58N20O10/c49-32(8-26-14-51-20-58-26)42(71)65-35(9-27-15-52-21-59-27)45(74)67-37(11-29-17-54-23-61-29)47(76)68-38(12-30-18-55-24-62-30)46(75)66-36(10-28-16-53-22-60-28)44(73)64-34(5-6-40(50)69)43(72)57-19-41(70)63-39(48(77)78)7-25-13-56-33-4-2-1-3-31(25)33/h1-4,13-18,20-24,32,34-39,56H,5-12,19,49H2,(H2,50,69)(H,51,58)(H,52,59)(H,53,60)(H,54,61)(H,55,62)(H,57,72)(H,63,70)(H,64,73)(H,65,71)(H,66,75)(H,67,74)(H,68,76)(H,77,78)/t32-,34-,35-,36-,37-,38-,39-/m0/s1. The number of primary amides is 1. The molecule has 0 bridgehead atoms. The number of nitrogens with zero attached hydrogens (tertiary/aromatic N) is 5. The topological polar surface area (TPSA) is 469 Å². The van der Waals surface area contributed by atoms with Crippen LogP contribution >= 0.6 is 0 Å². The van der Waals surface area contributed by atoms with Gasteiger partial charge in [-0.25, -0.2) is 29.7 Å². The summed E-state index contributed by atoms with van der Waals surface area (Å²) >= 11 is 0. The van der Waals surface area contributed by atoms with Crippen molar-refractivity contribution in [3.05, 3.63) is 127 Å². The number of rotatable bonds is 30. The van der Waals surface area contributed by atoms with Crippen molar-refractivity contribution in [2.45, 2.75) is 93.7 Å². The van der Waals surface area contributed by atoms with E-state index in [0.29, 0.717) is 28.3 Å². The molecule has 0 aliphatic rings. The van der Waals surface area contributed by atoms with E-state index < -0.39 is 108 Å². The lowest BCUT2D eigenvalue weighted by molar-refractivity contribution is -0.141. The van der Waals surface area contributed by atoms with Gasteiger partial charge in [0.15, 0.2) is 0 Å². The zero-order valence-electron chi connectivity index (χ0n) is 41.6. The average molecular weight is 1080 g/mol. The predicted molar refractivity (Wildman–Crippen MR) is 272 cm³/mol. The first kappa shape index (κ1) is 55.7. The molecule has 1 aromatic carbocycles. The van der Waals surface area contributed by atoms with Gasteiger partial charge in [-0.1, -0.05) is 18.2 Å². The number of hydrogen-bond acceptors (Lipinski definition) is 15. The third-order valence-corrected chi connectivity index (χ3v) is 12.2. The lowest BCUT2D eigenvalue weighted by Crippen LogP contribution is -2.61. The lowest BCUT2D eigenvalue weighted by Gasteiger charge is -2.27. The molecule has 7 aromatic rings. The number of carboxylic acids is 1. The van der Waals surface area contributed by atoms with Crippen LogP contribution in [0.1, 0.15) is 46.9 Å². The maximum absolute atomic E-state index is 14.5. The number of amides is 8. The Morgan fingerprint density at radius 3 is 1.31 bits per heavy atom. The van der Waals surface area contributed by atoms with E-state index in [1.807, 2.05) is 12.1 Å². The van der Waals surface area contributed by atoms with Gasteiger partial charge in [-0.05, 0) is 18.1 Å². The van der Waals surface area contributed by atoms with Crippen molar-refractivity contribution >= 4 is 64.1 Å². The first-order chi connectivity index (χ1) is 37.6. The Labute approximate surface area is 442 Å². The number of carboxylic acid groups (broad SMARTS) is 1. The number of aromatic amines is 6. The number of fused-ring (bicyclic) bond motifs is 1. The van der Waals surface area contributed by atoms with Gasteiger partial charge in [-0.3, -0.25) is 38.4 Å². The summed E-state index contributed by atoms with van der Waals surface area (Å²) in [5.74, 6) is -8.30. The SMILES string of the molecule is NC(=O)CC[C@H](NC(=O)[C@H](Cc1c[nH]cn1)NC(=O)[C@H](Cc1c[nH]cn1)NC(=O)[C@H](Cc1c[nH]cn1)NC(=O)[C@H](Cc1c[nH]cn1)NC(=O)[C@@H](N)Cc1c[nH]cn1)C(=O)NCC(=O)N[C@@H](Cc1c[nH]c2ccccc12)C(=O)O. The van der Waals surface area contributed by atoms with E-state index in [2.05, 4.69) is 92.0 Å². The number of hydrogen-bond donors (Lipinski definition) is 16. The molecule has 0 spiro atoms. The van der Waals surface area contributed by atoms with Crippen LogP contribution in [0.2, 0.25) is 0 Å². The Morgan fingerprint density at radius 1 is 0.487 bits per heavy atom.